The van der Waals surface area contributed by atoms with E-state index in [0.717, 1.165) is 30.8 Å². The molecular formula is C14H18N2O. The van der Waals surface area contributed by atoms with Gasteiger partial charge in [-0.15, -0.1) is 0 Å². The van der Waals surface area contributed by atoms with Crippen LogP contribution in [0.5, 0.6) is 0 Å². The number of methoxy groups -OCH3 is 1. The van der Waals surface area contributed by atoms with Crippen molar-refractivity contribution >= 4 is 0 Å². The lowest BCUT2D eigenvalue weighted by atomic mass is 10.2. The molecule has 17 heavy (non-hydrogen) atoms. The third kappa shape index (κ3) is 2.94. The predicted molar refractivity (Wildman–Crippen MR) is 68.5 cm³/mol. The standard InChI is InChI=1S/C14H18N2O/c1-12-11-16(13-7-4-3-5-8-13)15-14(12)9-6-10-17-2/h3-5,7-8,11H,6,9-10H2,1-2H3. The van der Waals surface area contributed by atoms with Crippen molar-refractivity contribution in [2.45, 2.75) is 19.8 Å². The molecule has 0 aliphatic carbocycles. The maximum Gasteiger partial charge on any atom is 0.0659 e. The molecule has 0 radical (unpaired) electrons. The van der Waals surface area contributed by atoms with E-state index in [-0.39, 0.29) is 0 Å². The minimum Gasteiger partial charge on any atom is -0.385 e. The van der Waals surface area contributed by atoms with Crippen LogP contribution in [0, 0.1) is 6.92 Å². The molecule has 1 heterocycles. The highest BCUT2D eigenvalue weighted by Gasteiger charge is 2.05. The first-order chi connectivity index (χ1) is 8.31. The SMILES string of the molecule is COCCCc1nn(-c2ccccc2)cc1C. The van der Waals surface area contributed by atoms with E-state index in [9.17, 15) is 0 Å². The van der Waals surface area contributed by atoms with Crippen LogP contribution >= 0.6 is 0 Å². The molecule has 2 aromatic rings. The molecule has 0 fully saturated rings. The Morgan fingerprint density at radius 3 is 2.71 bits per heavy atom. The first kappa shape index (κ1) is 11.9. The van der Waals surface area contributed by atoms with Crippen molar-refractivity contribution in [3.8, 4) is 5.69 Å². The number of hydrogen-bond acceptors (Lipinski definition) is 2. The Bertz CT molecular complexity index is 462. The number of ether oxygens (including phenoxy) is 1. The number of aryl methyl sites for hydroxylation is 2. The number of nitrogens with zero attached hydrogens (tertiary/aromatic N) is 2. The first-order valence-electron chi connectivity index (χ1n) is 5.91. The Morgan fingerprint density at radius 2 is 2.00 bits per heavy atom. The molecule has 0 aliphatic heterocycles. The average Bonchev–Trinajstić information content (AvgIpc) is 2.73. The summed E-state index contributed by atoms with van der Waals surface area (Å²) < 4.78 is 7.00. The molecule has 0 atom stereocenters. The first-order valence-corrected chi connectivity index (χ1v) is 5.91. The summed E-state index contributed by atoms with van der Waals surface area (Å²) in [5, 5.41) is 4.61. The Hall–Kier alpha value is -1.61. The van der Waals surface area contributed by atoms with Crippen molar-refractivity contribution < 1.29 is 4.74 Å². The maximum atomic E-state index is 5.06. The van der Waals surface area contributed by atoms with E-state index in [2.05, 4.69) is 30.4 Å². The van der Waals surface area contributed by atoms with E-state index in [1.54, 1.807) is 7.11 Å². The topological polar surface area (TPSA) is 27.1 Å². The minimum absolute atomic E-state index is 0.789. The van der Waals surface area contributed by atoms with Gasteiger partial charge in [0.2, 0.25) is 0 Å². The Balaban J connectivity index is 2.13. The monoisotopic (exact) mass is 230 g/mol. The molecule has 0 amide bonds. The van der Waals surface area contributed by atoms with Crippen molar-refractivity contribution in [3.63, 3.8) is 0 Å². The van der Waals surface area contributed by atoms with E-state index >= 15 is 0 Å². The third-order valence-corrected chi connectivity index (χ3v) is 2.78. The number of hydrogen-bond donors (Lipinski definition) is 0. The molecule has 0 N–H and O–H groups in total. The van der Waals surface area contributed by atoms with Crippen molar-refractivity contribution in [2.24, 2.45) is 0 Å². The molecule has 0 aliphatic rings. The molecule has 1 aromatic carbocycles. The Kier molecular flexibility index (Phi) is 3.94. The minimum atomic E-state index is 0.789. The van der Waals surface area contributed by atoms with Gasteiger partial charge in [-0.25, -0.2) is 4.68 Å². The van der Waals surface area contributed by atoms with Gasteiger partial charge in [-0.3, -0.25) is 0 Å². The second-order valence-electron chi connectivity index (χ2n) is 4.14. The van der Waals surface area contributed by atoms with Gasteiger partial charge in [-0.2, -0.15) is 5.10 Å². The van der Waals surface area contributed by atoms with Crippen LogP contribution in [0.4, 0.5) is 0 Å². The van der Waals surface area contributed by atoms with Crippen molar-refractivity contribution in [2.75, 3.05) is 13.7 Å². The lowest BCUT2D eigenvalue weighted by Gasteiger charge is -2.00. The van der Waals surface area contributed by atoms with Crippen LogP contribution in [0.15, 0.2) is 36.5 Å². The zero-order valence-electron chi connectivity index (χ0n) is 10.4. The number of aromatic nitrogens is 2. The molecule has 1 aromatic heterocycles. The quantitative estimate of drug-likeness (QED) is 0.738. The molecule has 0 saturated heterocycles. The van der Waals surface area contributed by atoms with Crippen LogP contribution in [0.3, 0.4) is 0 Å². The normalized spacial score (nSPS) is 10.7. The van der Waals surface area contributed by atoms with Crippen LogP contribution in [-0.2, 0) is 11.2 Å². The summed E-state index contributed by atoms with van der Waals surface area (Å²) in [5.74, 6) is 0. The van der Waals surface area contributed by atoms with E-state index in [1.807, 2.05) is 22.9 Å². The fourth-order valence-electron chi connectivity index (χ4n) is 1.84. The van der Waals surface area contributed by atoms with Crippen LogP contribution in [0.2, 0.25) is 0 Å². The van der Waals surface area contributed by atoms with Gasteiger partial charge in [0.05, 0.1) is 11.4 Å². The van der Waals surface area contributed by atoms with Crippen LogP contribution < -0.4 is 0 Å². The smallest absolute Gasteiger partial charge is 0.0659 e. The Labute approximate surface area is 102 Å². The molecule has 2 rings (SSSR count). The molecule has 0 bridgehead atoms. The number of para-hydroxylation sites is 1. The van der Waals surface area contributed by atoms with Gasteiger partial charge in [0.15, 0.2) is 0 Å². The maximum absolute atomic E-state index is 5.06. The van der Waals surface area contributed by atoms with Gasteiger partial charge in [0, 0.05) is 19.9 Å². The van der Waals surface area contributed by atoms with Gasteiger partial charge < -0.3 is 4.74 Å². The highest BCUT2D eigenvalue weighted by molar-refractivity contribution is 5.32. The van der Waals surface area contributed by atoms with Crippen LogP contribution in [0.25, 0.3) is 5.69 Å². The number of benzene rings is 1. The Morgan fingerprint density at radius 1 is 1.24 bits per heavy atom. The van der Waals surface area contributed by atoms with E-state index in [1.165, 1.54) is 5.56 Å². The summed E-state index contributed by atoms with van der Waals surface area (Å²) in [7, 11) is 1.73. The molecule has 0 spiro atoms. The van der Waals surface area contributed by atoms with Gasteiger partial charge in [-0.05, 0) is 37.5 Å². The molecular weight excluding hydrogens is 212 g/mol. The van der Waals surface area contributed by atoms with Crippen LogP contribution in [-0.4, -0.2) is 23.5 Å². The predicted octanol–water partition coefficient (Wildman–Crippen LogP) is 2.76. The molecule has 90 valence electrons. The second kappa shape index (κ2) is 5.64. The third-order valence-electron chi connectivity index (χ3n) is 2.78. The molecule has 0 saturated carbocycles. The highest BCUT2D eigenvalue weighted by Crippen LogP contribution is 2.12. The largest absolute Gasteiger partial charge is 0.385 e. The van der Waals surface area contributed by atoms with Gasteiger partial charge in [0.1, 0.15) is 0 Å². The lowest BCUT2D eigenvalue weighted by molar-refractivity contribution is 0.195. The van der Waals surface area contributed by atoms with Crippen LogP contribution in [0.1, 0.15) is 17.7 Å². The lowest BCUT2D eigenvalue weighted by Crippen LogP contribution is -1.97. The second-order valence-corrected chi connectivity index (χ2v) is 4.14. The summed E-state index contributed by atoms with van der Waals surface area (Å²) in [6, 6.07) is 10.2. The van der Waals surface area contributed by atoms with E-state index in [0.29, 0.717) is 0 Å². The summed E-state index contributed by atoms with van der Waals surface area (Å²) in [6.45, 7) is 2.90. The summed E-state index contributed by atoms with van der Waals surface area (Å²) in [6.07, 6.45) is 4.07. The summed E-state index contributed by atoms with van der Waals surface area (Å²) in [4.78, 5) is 0. The fraction of sp³-hybridized carbons (Fsp3) is 0.357. The van der Waals surface area contributed by atoms with Crippen molar-refractivity contribution in [1.29, 1.82) is 0 Å². The van der Waals surface area contributed by atoms with E-state index in [4.69, 9.17) is 4.74 Å². The van der Waals surface area contributed by atoms with Crippen molar-refractivity contribution in [1.82, 2.24) is 9.78 Å². The zero-order chi connectivity index (χ0) is 12.1. The van der Waals surface area contributed by atoms with Gasteiger partial charge in [0.25, 0.3) is 0 Å². The average molecular weight is 230 g/mol. The molecule has 3 heteroatoms. The van der Waals surface area contributed by atoms with Gasteiger partial charge in [-0.1, -0.05) is 18.2 Å². The van der Waals surface area contributed by atoms with Gasteiger partial charge >= 0.3 is 0 Å². The highest BCUT2D eigenvalue weighted by atomic mass is 16.5. The summed E-state index contributed by atoms with van der Waals surface area (Å²) in [5.41, 5.74) is 3.50. The van der Waals surface area contributed by atoms with E-state index < -0.39 is 0 Å². The number of rotatable bonds is 5. The molecule has 0 unspecified atom stereocenters. The summed E-state index contributed by atoms with van der Waals surface area (Å²) >= 11 is 0. The fourth-order valence-corrected chi connectivity index (χ4v) is 1.84. The zero-order valence-corrected chi connectivity index (χ0v) is 10.4. The molecule has 3 nitrogen and oxygen atoms in total. The van der Waals surface area contributed by atoms with Crippen molar-refractivity contribution in [3.05, 3.63) is 47.8 Å².